The highest BCUT2D eigenvalue weighted by atomic mass is 16.3. The molecule has 0 aromatic carbocycles. The van der Waals surface area contributed by atoms with Crippen LogP contribution in [0.1, 0.15) is 26.1 Å². The summed E-state index contributed by atoms with van der Waals surface area (Å²) in [6.45, 7) is 3.44. The second kappa shape index (κ2) is 6.48. The lowest BCUT2D eigenvalue weighted by atomic mass is 10.1. The van der Waals surface area contributed by atoms with Gasteiger partial charge in [-0.2, -0.15) is 0 Å². The number of aryl methyl sites for hydroxylation is 1. The van der Waals surface area contributed by atoms with Crippen LogP contribution in [-0.2, 0) is 6.42 Å². The molecule has 102 valence electrons. The van der Waals surface area contributed by atoms with Crippen molar-refractivity contribution < 1.29 is 10.2 Å². The van der Waals surface area contributed by atoms with Crippen LogP contribution in [0.3, 0.4) is 0 Å². The molecule has 1 aromatic heterocycles. The highest BCUT2D eigenvalue weighted by Crippen LogP contribution is 2.13. The van der Waals surface area contributed by atoms with Gasteiger partial charge in [-0.3, -0.25) is 0 Å². The lowest BCUT2D eigenvalue weighted by molar-refractivity contribution is 0.0131. The van der Waals surface area contributed by atoms with E-state index in [0.717, 1.165) is 12.8 Å². The fourth-order valence-electron chi connectivity index (χ4n) is 1.33. The van der Waals surface area contributed by atoms with Gasteiger partial charge in [-0.25, -0.2) is 15.8 Å². The molecule has 0 aliphatic rings. The first-order chi connectivity index (χ1) is 8.50. The summed E-state index contributed by atoms with van der Waals surface area (Å²) < 4.78 is 0. The number of aliphatic hydroxyl groups excluding tert-OH is 1. The molecular weight excluding hydrogens is 234 g/mol. The average Bonchev–Trinajstić information content (AvgIpc) is 2.37. The zero-order valence-corrected chi connectivity index (χ0v) is 10.8. The summed E-state index contributed by atoms with van der Waals surface area (Å²) in [6.07, 6.45) is 1.68. The average molecular weight is 255 g/mol. The van der Waals surface area contributed by atoms with Gasteiger partial charge in [0.1, 0.15) is 23.1 Å². The fraction of sp³-hybridized carbons (Fsp3) is 0.636. The van der Waals surface area contributed by atoms with Crippen LogP contribution in [0, 0.1) is 0 Å². The van der Waals surface area contributed by atoms with E-state index in [2.05, 4.69) is 20.7 Å². The van der Waals surface area contributed by atoms with Crippen molar-refractivity contribution in [1.29, 1.82) is 0 Å². The van der Waals surface area contributed by atoms with Crippen molar-refractivity contribution in [2.24, 2.45) is 5.84 Å². The number of aliphatic hydroxyl groups is 2. The third-order valence-electron chi connectivity index (χ3n) is 2.38. The second-order valence-electron chi connectivity index (χ2n) is 4.46. The van der Waals surface area contributed by atoms with E-state index < -0.39 is 5.60 Å². The number of nitrogens with one attached hydrogen (secondary N) is 2. The van der Waals surface area contributed by atoms with Gasteiger partial charge in [0.05, 0.1) is 6.61 Å². The number of hydrazine groups is 1. The Labute approximate surface area is 106 Å². The maximum Gasteiger partial charge on any atom is 0.145 e. The Hall–Kier alpha value is -1.44. The van der Waals surface area contributed by atoms with Gasteiger partial charge in [-0.15, -0.1) is 0 Å². The molecule has 1 atom stereocenters. The first kappa shape index (κ1) is 14.6. The lowest BCUT2D eigenvalue weighted by Gasteiger charge is -2.21. The zero-order valence-electron chi connectivity index (χ0n) is 10.8. The molecule has 1 unspecified atom stereocenters. The van der Waals surface area contributed by atoms with E-state index >= 15 is 0 Å². The van der Waals surface area contributed by atoms with Crippen LogP contribution < -0.4 is 16.6 Å². The molecule has 1 rings (SSSR count). The van der Waals surface area contributed by atoms with E-state index in [1.807, 2.05) is 6.92 Å². The molecular formula is C11H21N5O2. The van der Waals surface area contributed by atoms with Crippen molar-refractivity contribution in [1.82, 2.24) is 9.97 Å². The SMILES string of the molecule is CCCc1nc(NN)cc(NCC(C)(O)CO)n1. The molecule has 0 spiro atoms. The molecule has 0 radical (unpaired) electrons. The summed E-state index contributed by atoms with van der Waals surface area (Å²) in [4.78, 5) is 8.51. The molecule has 7 nitrogen and oxygen atoms in total. The Balaban J connectivity index is 2.78. The van der Waals surface area contributed by atoms with E-state index in [0.29, 0.717) is 17.5 Å². The van der Waals surface area contributed by atoms with Crippen molar-refractivity contribution in [2.45, 2.75) is 32.3 Å². The topological polar surface area (TPSA) is 116 Å². The Morgan fingerprint density at radius 1 is 1.39 bits per heavy atom. The van der Waals surface area contributed by atoms with Gasteiger partial charge in [0.15, 0.2) is 0 Å². The third kappa shape index (κ3) is 4.44. The van der Waals surface area contributed by atoms with E-state index in [-0.39, 0.29) is 13.2 Å². The van der Waals surface area contributed by atoms with E-state index in [1.165, 1.54) is 6.92 Å². The summed E-state index contributed by atoms with van der Waals surface area (Å²) >= 11 is 0. The van der Waals surface area contributed by atoms with Gasteiger partial charge in [-0.1, -0.05) is 6.92 Å². The van der Waals surface area contributed by atoms with Crippen molar-refractivity contribution >= 4 is 11.6 Å². The maximum atomic E-state index is 9.69. The monoisotopic (exact) mass is 255 g/mol. The fourth-order valence-corrected chi connectivity index (χ4v) is 1.33. The standard InChI is InChI=1S/C11H21N5O2/c1-3-4-8-14-9(5-10(15-8)16-12)13-6-11(2,18)7-17/h5,17-18H,3-4,6-7,12H2,1-2H3,(H2,13,14,15,16). The van der Waals surface area contributed by atoms with E-state index in [1.54, 1.807) is 6.07 Å². The summed E-state index contributed by atoms with van der Waals surface area (Å²) in [5, 5.41) is 21.6. The van der Waals surface area contributed by atoms with Crippen molar-refractivity contribution in [3.05, 3.63) is 11.9 Å². The Morgan fingerprint density at radius 3 is 2.61 bits per heavy atom. The normalized spacial score (nSPS) is 14.1. The smallest absolute Gasteiger partial charge is 0.145 e. The molecule has 0 bridgehead atoms. The summed E-state index contributed by atoms with van der Waals surface area (Å²) in [5.41, 5.74) is 1.29. The highest BCUT2D eigenvalue weighted by Gasteiger charge is 2.18. The molecule has 18 heavy (non-hydrogen) atoms. The predicted octanol–water partition coefficient (Wildman–Crippen LogP) is -0.130. The highest BCUT2D eigenvalue weighted by molar-refractivity contribution is 5.47. The number of rotatable bonds is 7. The molecule has 0 aliphatic carbocycles. The number of aromatic nitrogens is 2. The minimum absolute atomic E-state index is 0.191. The Kier molecular flexibility index (Phi) is 5.26. The van der Waals surface area contributed by atoms with Crippen LogP contribution >= 0.6 is 0 Å². The minimum atomic E-state index is -1.19. The van der Waals surface area contributed by atoms with Gasteiger partial charge >= 0.3 is 0 Å². The van der Waals surface area contributed by atoms with Crippen LogP contribution in [0.4, 0.5) is 11.6 Å². The molecule has 0 saturated carbocycles. The summed E-state index contributed by atoms with van der Waals surface area (Å²) in [5.74, 6) is 7.09. The zero-order chi connectivity index (χ0) is 13.6. The minimum Gasteiger partial charge on any atom is -0.393 e. The largest absolute Gasteiger partial charge is 0.393 e. The number of hydrogen-bond acceptors (Lipinski definition) is 7. The van der Waals surface area contributed by atoms with E-state index in [9.17, 15) is 5.11 Å². The van der Waals surface area contributed by atoms with Gasteiger partial charge in [0, 0.05) is 19.0 Å². The molecule has 0 aliphatic heterocycles. The number of nitrogens with zero attached hydrogens (tertiary/aromatic N) is 2. The van der Waals surface area contributed by atoms with Crippen molar-refractivity contribution in [3.8, 4) is 0 Å². The van der Waals surface area contributed by atoms with Crippen molar-refractivity contribution in [3.63, 3.8) is 0 Å². The molecule has 7 heteroatoms. The van der Waals surface area contributed by atoms with Crippen LogP contribution in [0.5, 0.6) is 0 Å². The van der Waals surface area contributed by atoms with Crippen molar-refractivity contribution in [2.75, 3.05) is 23.9 Å². The molecule has 0 amide bonds. The lowest BCUT2D eigenvalue weighted by Crippen LogP contribution is -2.37. The summed E-state index contributed by atoms with van der Waals surface area (Å²) in [7, 11) is 0. The Bertz CT molecular complexity index is 384. The van der Waals surface area contributed by atoms with Gasteiger partial charge < -0.3 is 21.0 Å². The van der Waals surface area contributed by atoms with Gasteiger partial charge in [0.25, 0.3) is 0 Å². The first-order valence-electron chi connectivity index (χ1n) is 5.92. The van der Waals surface area contributed by atoms with Gasteiger partial charge in [0.2, 0.25) is 0 Å². The number of nitrogen functional groups attached to an aromatic ring is 1. The number of nitrogens with two attached hydrogens (primary N) is 1. The quantitative estimate of drug-likeness (QED) is 0.340. The first-order valence-corrected chi connectivity index (χ1v) is 5.92. The Morgan fingerprint density at radius 2 is 2.06 bits per heavy atom. The molecule has 0 fully saturated rings. The van der Waals surface area contributed by atoms with Crippen LogP contribution in [0.25, 0.3) is 0 Å². The second-order valence-corrected chi connectivity index (χ2v) is 4.46. The molecule has 1 heterocycles. The van der Waals surface area contributed by atoms with Crippen LogP contribution in [-0.4, -0.2) is 38.9 Å². The number of anilines is 2. The van der Waals surface area contributed by atoms with E-state index in [4.69, 9.17) is 10.9 Å². The maximum absolute atomic E-state index is 9.69. The molecule has 0 saturated heterocycles. The molecule has 1 aromatic rings. The molecule has 6 N–H and O–H groups in total. The number of hydrogen-bond donors (Lipinski definition) is 5. The van der Waals surface area contributed by atoms with Crippen LogP contribution in [0.2, 0.25) is 0 Å². The third-order valence-corrected chi connectivity index (χ3v) is 2.38. The predicted molar refractivity (Wildman–Crippen MR) is 70.0 cm³/mol. The summed E-state index contributed by atoms with van der Waals surface area (Å²) in [6, 6.07) is 1.65. The van der Waals surface area contributed by atoms with Gasteiger partial charge in [-0.05, 0) is 13.3 Å². The van der Waals surface area contributed by atoms with Crippen LogP contribution in [0.15, 0.2) is 6.07 Å².